The molecule has 2 saturated heterocycles. The second kappa shape index (κ2) is 13.4. The lowest BCUT2D eigenvalue weighted by molar-refractivity contribution is -0.109. The minimum absolute atomic E-state index is 0.0546. The summed E-state index contributed by atoms with van der Waals surface area (Å²) in [5.74, 6) is -1.02. The zero-order valence-electron chi connectivity index (χ0n) is 24.6. The van der Waals surface area contributed by atoms with E-state index in [9.17, 15) is 39.9 Å². The van der Waals surface area contributed by atoms with Gasteiger partial charge in [-0.1, -0.05) is 32.0 Å². The van der Waals surface area contributed by atoms with Crippen molar-refractivity contribution in [2.75, 3.05) is 12.3 Å². The molecule has 2 aliphatic rings. The Morgan fingerprint density at radius 2 is 1.67 bits per heavy atom. The molecule has 0 spiro atoms. The van der Waals surface area contributed by atoms with Crippen LogP contribution < -0.4 is 22.7 Å². The van der Waals surface area contributed by atoms with Crippen molar-refractivity contribution < 1.29 is 34.3 Å². The number of esters is 1. The molecule has 2 aliphatic heterocycles. The minimum Gasteiger partial charge on any atom is -0.452 e. The number of carbonyl (C=O) groups excluding carboxylic acids is 1. The van der Waals surface area contributed by atoms with E-state index in [2.05, 4.69) is 9.97 Å². The van der Waals surface area contributed by atoms with Crippen molar-refractivity contribution in [2.45, 2.75) is 62.2 Å². The van der Waals surface area contributed by atoms with Gasteiger partial charge in [0, 0.05) is 24.4 Å². The highest BCUT2D eigenvalue weighted by Crippen LogP contribution is 2.41. The molecule has 0 unspecified atom stereocenters. The smallest absolute Gasteiger partial charge is 0.352 e. The zero-order valence-corrected chi connectivity index (χ0v) is 24.6. The number of nitrogens with one attached hydrogen (secondary N) is 1. The lowest BCUT2D eigenvalue weighted by atomic mass is 9.93. The van der Waals surface area contributed by atoms with Crippen LogP contribution >= 0.6 is 0 Å². The van der Waals surface area contributed by atoms with E-state index in [0.29, 0.717) is 12.0 Å². The Bertz CT molecular complexity index is 1830. The van der Waals surface area contributed by atoms with E-state index in [1.165, 1.54) is 12.3 Å². The Morgan fingerprint density at radius 1 is 1.04 bits per heavy atom. The summed E-state index contributed by atoms with van der Waals surface area (Å²) in [5.41, 5.74) is -0.686. The van der Waals surface area contributed by atoms with Gasteiger partial charge >= 0.3 is 17.3 Å². The van der Waals surface area contributed by atoms with Crippen LogP contribution in [0.3, 0.4) is 0 Å². The van der Waals surface area contributed by atoms with Crippen molar-refractivity contribution in [1.29, 1.82) is 10.5 Å². The highest BCUT2D eigenvalue weighted by Gasteiger charge is 2.58. The Kier molecular flexibility index (Phi) is 9.86. The average molecular weight is 638 g/mol. The third-order valence-corrected chi connectivity index (χ3v) is 7.73. The summed E-state index contributed by atoms with van der Waals surface area (Å²) in [6.07, 6.45) is -2.98. The standard InChI is InChI=1S/C19H19N3O5.C10H12N4O5/c1-3-14-12(2)16(26-17(24)13-7-5-4-6-8-13)19(11-20,27-14)22-10-9-15(23)21-18(22)25;11-4-10(8(17)7(16)5(3-15)19-10)14-2-1-6(12)13-9(14)18/h4-10,12,14,16H,3H2,1-2H3,(H,21,23,25);1-2,5,7-8,15-17H,3H2,(H2,12,13,18)/t12-,14-,16-,19-;5-,7-,8-,10-/m11/s1. The molecule has 3 aromatic rings. The number of nitrogen functional groups attached to an aromatic ring is 1. The first-order chi connectivity index (χ1) is 21.9. The summed E-state index contributed by atoms with van der Waals surface area (Å²) in [5, 5.41) is 47.8. The van der Waals surface area contributed by atoms with Gasteiger partial charge in [-0.3, -0.25) is 18.9 Å². The van der Waals surface area contributed by atoms with Gasteiger partial charge in [0.2, 0.25) is 0 Å². The lowest BCUT2D eigenvalue weighted by Crippen LogP contribution is -2.51. The number of nitrogens with two attached hydrogens (primary N) is 1. The molecular weight excluding hydrogens is 606 g/mol. The van der Waals surface area contributed by atoms with E-state index in [1.807, 2.05) is 13.0 Å². The van der Waals surface area contributed by atoms with Gasteiger partial charge in [-0.25, -0.2) is 14.4 Å². The van der Waals surface area contributed by atoms with Gasteiger partial charge < -0.3 is 35.3 Å². The maximum Gasteiger partial charge on any atom is 0.352 e. The number of benzene rings is 1. The third kappa shape index (κ3) is 5.93. The van der Waals surface area contributed by atoms with E-state index < -0.39 is 71.5 Å². The lowest BCUT2D eigenvalue weighted by Gasteiger charge is -2.29. The second-order valence-electron chi connectivity index (χ2n) is 10.5. The van der Waals surface area contributed by atoms with Crippen LogP contribution in [0.15, 0.2) is 69.2 Å². The molecule has 0 bridgehead atoms. The number of hydrogen-bond donors (Lipinski definition) is 5. The number of carbonyl (C=O) groups is 1. The normalized spacial score (nSPS) is 30.0. The molecule has 8 atom stereocenters. The first-order valence-electron chi connectivity index (χ1n) is 14.0. The van der Waals surface area contributed by atoms with Crippen LogP contribution in [0.1, 0.15) is 30.6 Å². The third-order valence-electron chi connectivity index (χ3n) is 7.73. The Balaban J connectivity index is 0.000000222. The quantitative estimate of drug-likeness (QED) is 0.193. The van der Waals surface area contributed by atoms with Gasteiger partial charge in [0.15, 0.2) is 6.10 Å². The molecule has 17 heteroatoms. The van der Waals surface area contributed by atoms with Crippen molar-refractivity contribution >= 4 is 11.8 Å². The zero-order chi connectivity index (χ0) is 33.8. The van der Waals surface area contributed by atoms with E-state index in [0.717, 1.165) is 21.4 Å². The average Bonchev–Trinajstić information content (AvgIpc) is 3.47. The number of rotatable bonds is 6. The summed E-state index contributed by atoms with van der Waals surface area (Å²) < 4.78 is 18.4. The molecular formula is C29H31N7O10. The first-order valence-corrected chi connectivity index (χ1v) is 14.0. The highest BCUT2D eigenvalue weighted by molar-refractivity contribution is 5.89. The van der Waals surface area contributed by atoms with Gasteiger partial charge in [0.25, 0.3) is 17.0 Å². The SMILES string of the molecule is CC[C@H]1O[C@@](C#N)(n2ccc(=O)[nH]c2=O)[C@H](OC(=O)c2ccccc2)[C@@H]1C.N#C[C@@]1(n2ccc(N)nc2=O)O[C@H](CO)[C@@H](O)[C@H]1O. The molecule has 0 radical (unpaired) electrons. The Hall–Kier alpha value is -5.17. The molecule has 46 heavy (non-hydrogen) atoms. The summed E-state index contributed by atoms with van der Waals surface area (Å²) >= 11 is 0. The number of anilines is 1. The maximum atomic E-state index is 12.6. The highest BCUT2D eigenvalue weighted by atomic mass is 16.6. The molecule has 0 amide bonds. The number of aliphatic hydroxyl groups is 3. The van der Waals surface area contributed by atoms with Crippen molar-refractivity contribution in [3.05, 3.63) is 91.7 Å². The minimum atomic E-state index is -2.15. The molecule has 2 fully saturated rings. The number of ether oxygens (including phenoxy) is 3. The molecule has 0 aliphatic carbocycles. The number of hydrogen-bond acceptors (Lipinski definition) is 14. The van der Waals surface area contributed by atoms with Crippen LogP contribution in [0.4, 0.5) is 5.82 Å². The number of aromatic amines is 1. The van der Waals surface area contributed by atoms with Crippen molar-refractivity contribution in [1.82, 2.24) is 19.1 Å². The monoisotopic (exact) mass is 637 g/mol. The molecule has 5 rings (SSSR count). The van der Waals surface area contributed by atoms with E-state index in [4.69, 9.17) is 25.1 Å². The fraction of sp³-hybridized carbons (Fsp3) is 0.414. The predicted molar refractivity (Wildman–Crippen MR) is 155 cm³/mol. The Labute approximate surface area is 260 Å². The molecule has 6 N–H and O–H groups in total. The molecule has 17 nitrogen and oxygen atoms in total. The van der Waals surface area contributed by atoms with Gasteiger partial charge in [-0.05, 0) is 24.6 Å². The van der Waals surface area contributed by atoms with Gasteiger partial charge in [0.05, 0.1) is 18.3 Å². The summed E-state index contributed by atoms with van der Waals surface area (Å²) in [6.45, 7) is 3.06. The van der Waals surface area contributed by atoms with Crippen LogP contribution in [-0.4, -0.2) is 77.5 Å². The topological polar surface area (TPSA) is 269 Å². The van der Waals surface area contributed by atoms with Crippen LogP contribution in [0.2, 0.25) is 0 Å². The van der Waals surface area contributed by atoms with Gasteiger partial charge in [-0.15, -0.1) is 0 Å². The van der Waals surface area contributed by atoms with E-state index in [-0.39, 0.29) is 11.7 Å². The largest absolute Gasteiger partial charge is 0.452 e. The van der Waals surface area contributed by atoms with E-state index >= 15 is 0 Å². The number of H-pyrrole nitrogens is 1. The summed E-state index contributed by atoms with van der Waals surface area (Å²) in [6, 6.07) is 14.4. The van der Waals surface area contributed by atoms with Crippen molar-refractivity contribution in [3.63, 3.8) is 0 Å². The van der Waals surface area contributed by atoms with Gasteiger partial charge in [0.1, 0.15) is 36.3 Å². The predicted octanol–water partition coefficient (Wildman–Crippen LogP) is -1.50. The second-order valence-corrected chi connectivity index (χ2v) is 10.5. The van der Waals surface area contributed by atoms with Gasteiger partial charge in [-0.2, -0.15) is 15.5 Å². The number of nitriles is 2. The van der Waals surface area contributed by atoms with Crippen LogP contribution in [0, 0.1) is 28.6 Å². The maximum absolute atomic E-state index is 12.6. The van der Waals surface area contributed by atoms with Crippen LogP contribution in [-0.2, 0) is 25.7 Å². The molecule has 4 heterocycles. The summed E-state index contributed by atoms with van der Waals surface area (Å²) in [7, 11) is 0. The van der Waals surface area contributed by atoms with Crippen LogP contribution in [0.5, 0.6) is 0 Å². The van der Waals surface area contributed by atoms with Crippen molar-refractivity contribution in [3.8, 4) is 12.1 Å². The van der Waals surface area contributed by atoms with Crippen molar-refractivity contribution in [2.24, 2.45) is 5.92 Å². The molecule has 2 aromatic heterocycles. The van der Waals surface area contributed by atoms with Crippen LogP contribution in [0.25, 0.3) is 0 Å². The van der Waals surface area contributed by atoms with E-state index in [1.54, 1.807) is 43.3 Å². The number of aliphatic hydroxyl groups excluding tert-OH is 3. The summed E-state index contributed by atoms with van der Waals surface area (Å²) in [4.78, 5) is 53.6. The first kappa shape index (κ1) is 33.7. The molecule has 1 aromatic carbocycles. The molecule has 0 saturated carbocycles. The fourth-order valence-electron chi connectivity index (χ4n) is 5.34. The number of aromatic nitrogens is 4. The fourth-order valence-corrected chi connectivity index (χ4v) is 5.34. The molecule has 242 valence electrons. The Morgan fingerprint density at radius 3 is 2.22 bits per heavy atom. The number of nitrogens with zero attached hydrogens (tertiary/aromatic N) is 5.